The van der Waals surface area contributed by atoms with Crippen LogP contribution in [0.3, 0.4) is 0 Å². The van der Waals surface area contributed by atoms with Gasteiger partial charge in [-0.1, -0.05) is 11.6 Å². The van der Waals surface area contributed by atoms with E-state index in [0.29, 0.717) is 24.1 Å². The van der Waals surface area contributed by atoms with Gasteiger partial charge >= 0.3 is 0 Å². The molecule has 1 saturated heterocycles. The first kappa shape index (κ1) is 18.9. The molecule has 0 aromatic carbocycles. The zero-order chi connectivity index (χ0) is 18.2. The monoisotopic (exact) mass is 376 g/mol. The lowest BCUT2D eigenvalue weighted by atomic mass is 10.0. The molecule has 2 aromatic rings. The molecule has 0 radical (unpaired) electrons. The van der Waals surface area contributed by atoms with Gasteiger partial charge in [-0.15, -0.1) is 0 Å². The van der Waals surface area contributed by atoms with Gasteiger partial charge in [0.15, 0.2) is 0 Å². The lowest BCUT2D eigenvalue weighted by Gasteiger charge is -2.22. The minimum absolute atomic E-state index is 0.602. The van der Waals surface area contributed by atoms with E-state index >= 15 is 0 Å². The van der Waals surface area contributed by atoms with E-state index in [9.17, 15) is 0 Å². The van der Waals surface area contributed by atoms with E-state index in [1.54, 1.807) is 13.3 Å². The van der Waals surface area contributed by atoms with E-state index in [0.717, 1.165) is 55.2 Å². The van der Waals surface area contributed by atoms with Crippen molar-refractivity contribution in [1.82, 2.24) is 9.97 Å². The van der Waals surface area contributed by atoms with Crippen molar-refractivity contribution in [3.63, 3.8) is 0 Å². The smallest absolute Gasteiger partial charge is 0.126 e. The average molecular weight is 377 g/mol. The van der Waals surface area contributed by atoms with Crippen LogP contribution in [0.1, 0.15) is 12.8 Å². The second kappa shape index (κ2) is 9.71. The van der Waals surface area contributed by atoms with Gasteiger partial charge in [-0.2, -0.15) is 0 Å². The molecule has 0 spiro atoms. The summed E-state index contributed by atoms with van der Waals surface area (Å²) in [4.78, 5) is 8.67. The number of halogens is 1. The molecule has 0 atom stereocenters. The fraction of sp³-hybridized carbons (Fsp3) is 0.474. The lowest BCUT2D eigenvalue weighted by Crippen LogP contribution is -2.22. The topological polar surface area (TPSA) is 68.3 Å². The number of nitrogens with one attached hydrogen (secondary N) is 2. The second-order valence-corrected chi connectivity index (χ2v) is 6.78. The van der Waals surface area contributed by atoms with E-state index in [2.05, 4.69) is 26.7 Å². The predicted octanol–water partition coefficient (Wildman–Crippen LogP) is 3.69. The summed E-state index contributed by atoms with van der Waals surface area (Å²) < 4.78 is 10.5. The first-order valence-corrected chi connectivity index (χ1v) is 9.29. The zero-order valence-electron chi connectivity index (χ0n) is 15.0. The summed E-state index contributed by atoms with van der Waals surface area (Å²) in [5, 5.41) is 7.32. The lowest BCUT2D eigenvalue weighted by molar-refractivity contribution is 0.0699. The molecule has 1 fully saturated rings. The average Bonchev–Trinajstić information content (AvgIpc) is 2.69. The highest BCUT2D eigenvalue weighted by molar-refractivity contribution is 6.33. The number of pyridine rings is 2. The Labute approximate surface area is 159 Å². The van der Waals surface area contributed by atoms with Gasteiger partial charge in [0.2, 0.25) is 0 Å². The van der Waals surface area contributed by atoms with Crippen LogP contribution in [-0.4, -0.2) is 50.0 Å². The Hall–Kier alpha value is -1.89. The summed E-state index contributed by atoms with van der Waals surface area (Å²) in [6.45, 7) is 3.96. The third-order valence-corrected chi connectivity index (χ3v) is 4.75. The van der Waals surface area contributed by atoms with E-state index in [-0.39, 0.29) is 0 Å². The Morgan fingerprint density at radius 1 is 1.19 bits per heavy atom. The first-order valence-electron chi connectivity index (χ1n) is 8.91. The molecule has 3 rings (SSSR count). The Kier molecular flexibility index (Phi) is 7.05. The minimum atomic E-state index is 0.602. The van der Waals surface area contributed by atoms with E-state index in [1.165, 1.54) is 0 Å². The van der Waals surface area contributed by atoms with Crippen molar-refractivity contribution in [2.45, 2.75) is 12.8 Å². The van der Waals surface area contributed by atoms with Gasteiger partial charge in [-0.25, -0.2) is 4.98 Å². The Balaban J connectivity index is 1.69. The summed E-state index contributed by atoms with van der Waals surface area (Å²) in [7, 11) is 1.67. The third-order valence-electron chi connectivity index (χ3n) is 4.45. The number of nitrogens with zero attached hydrogens (tertiary/aromatic N) is 2. The van der Waals surface area contributed by atoms with Gasteiger partial charge in [-0.3, -0.25) is 4.98 Å². The molecule has 0 aliphatic carbocycles. The number of hydrogen-bond donors (Lipinski definition) is 2. The molecule has 1 aliphatic rings. The summed E-state index contributed by atoms with van der Waals surface area (Å²) >= 11 is 6.37. The number of hydrogen-bond acceptors (Lipinski definition) is 6. The quantitative estimate of drug-likeness (QED) is 0.685. The van der Waals surface area contributed by atoms with Crippen LogP contribution < -0.4 is 10.6 Å². The third kappa shape index (κ3) is 5.30. The number of methoxy groups -OCH3 is 1. The first-order chi connectivity index (χ1) is 12.8. The maximum absolute atomic E-state index is 6.37. The van der Waals surface area contributed by atoms with Crippen molar-refractivity contribution >= 4 is 23.1 Å². The van der Waals surface area contributed by atoms with E-state index < -0.39 is 0 Å². The van der Waals surface area contributed by atoms with Crippen LogP contribution in [-0.2, 0) is 9.47 Å². The second-order valence-electron chi connectivity index (χ2n) is 6.37. The Morgan fingerprint density at radius 3 is 2.85 bits per heavy atom. The van der Waals surface area contributed by atoms with Crippen molar-refractivity contribution < 1.29 is 9.47 Å². The summed E-state index contributed by atoms with van der Waals surface area (Å²) in [6.07, 6.45) is 7.53. The molecule has 26 heavy (non-hydrogen) atoms. The van der Waals surface area contributed by atoms with Crippen molar-refractivity contribution in [2.75, 3.05) is 50.7 Å². The molecule has 0 saturated carbocycles. The largest absolute Gasteiger partial charge is 0.384 e. The standard InChI is InChI=1S/C19H25ClN4O2/c1-25-7-4-22-19-9-17(18(20)13-24-19)15-8-16(12-21-11-15)23-10-14-2-5-26-6-3-14/h8-9,11-14,23H,2-7,10H2,1H3,(H,22,24). The summed E-state index contributed by atoms with van der Waals surface area (Å²) in [5.41, 5.74) is 2.86. The summed E-state index contributed by atoms with van der Waals surface area (Å²) in [5.74, 6) is 1.41. The number of ether oxygens (including phenoxy) is 2. The van der Waals surface area contributed by atoms with Gasteiger partial charge in [0.05, 0.1) is 17.3 Å². The van der Waals surface area contributed by atoms with Crippen LogP contribution in [0.4, 0.5) is 11.5 Å². The Bertz CT molecular complexity index is 708. The van der Waals surface area contributed by atoms with Crippen molar-refractivity contribution in [3.05, 3.63) is 35.7 Å². The van der Waals surface area contributed by atoms with Gasteiger partial charge in [0, 0.05) is 63.1 Å². The van der Waals surface area contributed by atoms with Crippen LogP contribution in [0, 0.1) is 5.92 Å². The minimum Gasteiger partial charge on any atom is -0.384 e. The molecular formula is C19H25ClN4O2. The maximum atomic E-state index is 6.37. The number of anilines is 2. The van der Waals surface area contributed by atoms with Crippen LogP contribution >= 0.6 is 11.6 Å². The van der Waals surface area contributed by atoms with Crippen LogP contribution in [0.2, 0.25) is 5.02 Å². The van der Waals surface area contributed by atoms with Crippen LogP contribution in [0.15, 0.2) is 30.7 Å². The predicted molar refractivity (Wildman–Crippen MR) is 105 cm³/mol. The van der Waals surface area contributed by atoms with Gasteiger partial charge in [0.25, 0.3) is 0 Å². The highest BCUT2D eigenvalue weighted by atomic mass is 35.5. The summed E-state index contributed by atoms with van der Waals surface area (Å²) in [6, 6.07) is 4.02. The molecule has 0 amide bonds. The molecular weight excluding hydrogens is 352 g/mol. The molecule has 3 heterocycles. The maximum Gasteiger partial charge on any atom is 0.126 e. The van der Waals surface area contributed by atoms with Gasteiger partial charge in [0.1, 0.15) is 5.82 Å². The van der Waals surface area contributed by atoms with E-state index in [1.807, 2.05) is 18.5 Å². The molecule has 7 heteroatoms. The molecule has 0 unspecified atom stereocenters. The molecule has 1 aliphatic heterocycles. The molecule has 140 valence electrons. The highest BCUT2D eigenvalue weighted by Crippen LogP contribution is 2.30. The Morgan fingerprint density at radius 2 is 2.04 bits per heavy atom. The van der Waals surface area contributed by atoms with Gasteiger partial charge < -0.3 is 20.1 Å². The van der Waals surface area contributed by atoms with Crippen molar-refractivity contribution in [1.29, 1.82) is 0 Å². The molecule has 0 bridgehead atoms. The van der Waals surface area contributed by atoms with E-state index in [4.69, 9.17) is 21.1 Å². The molecule has 2 N–H and O–H groups in total. The highest BCUT2D eigenvalue weighted by Gasteiger charge is 2.14. The number of rotatable bonds is 8. The van der Waals surface area contributed by atoms with Crippen molar-refractivity contribution in [2.24, 2.45) is 5.92 Å². The SMILES string of the molecule is COCCNc1cc(-c2cncc(NCC3CCOCC3)c2)c(Cl)cn1. The molecule has 6 nitrogen and oxygen atoms in total. The van der Waals surface area contributed by atoms with Crippen molar-refractivity contribution in [3.8, 4) is 11.1 Å². The fourth-order valence-electron chi connectivity index (χ4n) is 2.93. The van der Waals surface area contributed by atoms with Crippen LogP contribution in [0.5, 0.6) is 0 Å². The normalized spacial score (nSPS) is 15.0. The fourth-order valence-corrected chi connectivity index (χ4v) is 3.15. The molecule has 2 aromatic heterocycles. The number of aromatic nitrogens is 2. The van der Waals surface area contributed by atoms with Crippen LogP contribution in [0.25, 0.3) is 11.1 Å². The zero-order valence-corrected chi connectivity index (χ0v) is 15.8. The van der Waals surface area contributed by atoms with Gasteiger partial charge in [-0.05, 0) is 30.9 Å².